The van der Waals surface area contributed by atoms with E-state index >= 15 is 0 Å². The maximum Gasteiger partial charge on any atom is 0.263 e. The van der Waals surface area contributed by atoms with Gasteiger partial charge >= 0.3 is 0 Å². The first-order valence-electron chi connectivity index (χ1n) is 9.93. The van der Waals surface area contributed by atoms with Crippen LogP contribution in [-0.4, -0.2) is 39.4 Å². The number of aryl methyl sites for hydroxylation is 1. The van der Waals surface area contributed by atoms with Crippen LogP contribution < -0.4 is 10.1 Å². The number of piperidine rings is 1. The summed E-state index contributed by atoms with van der Waals surface area (Å²) >= 11 is 1.43. The SMILES string of the molecule is Cn1ccnc1COc1ccc(NC(=O)[C@H]2CCCN(C(=O)c3cccs3)C2)cc1. The average molecular weight is 425 g/mol. The minimum absolute atomic E-state index is 0.0108. The maximum absolute atomic E-state index is 12.7. The van der Waals surface area contributed by atoms with Crippen molar-refractivity contribution in [3.8, 4) is 5.75 Å². The van der Waals surface area contributed by atoms with Crippen molar-refractivity contribution >= 4 is 28.8 Å². The molecule has 4 rings (SSSR count). The Morgan fingerprint density at radius 1 is 1.27 bits per heavy atom. The highest BCUT2D eigenvalue weighted by Gasteiger charge is 2.29. The Labute approximate surface area is 179 Å². The number of benzene rings is 1. The van der Waals surface area contributed by atoms with Gasteiger partial charge in [0, 0.05) is 38.2 Å². The van der Waals surface area contributed by atoms with Gasteiger partial charge in [0.1, 0.15) is 18.2 Å². The third kappa shape index (κ3) is 4.71. The Morgan fingerprint density at radius 3 is 2.80 bits per heavy atom. The van der Waals surface area contributed by atoms with Gasteiger partial charge in [-0.05, 0) is 48.6 Å². The third-order valence-electron chi connectivity index (χ3n) is 5.22. The molecule has 30 heavy (non-hydrogen) atoms. The molecule has 156 valence electrons. The van der Waals surface area contributed by atoms with Crippen LogP contribution >= 0.6 is 11.3 Å². The molecule has 0 bridgehead atoms. The number of likely N-dealkylation sites (tertiary alicyclic amines) is 1. The fourth-order valence-corrected chi connectivity index (χ4v) is 4.18. The van der Waals surface area contributed by atoms with Gasteiger partial charge in [-0.3, -0.25) is 9.59 Å². The Morgan fingerprint density at radius 2 is 2.10 bits per heavy atom. The molecule has 7 nitrogen and oxygen atoms in total. The van der Waals surface area contributed by atoms with Crippen LogP contribution in [0.1, 0.15) is 28.3 Å². The molecule has 2 aromatic heterocycles. The molecule has 0 unspecified atom stereocenters. The number of hydrogen-bond acceptors (Lipinski definition) is 5. The number of carbonyl (C=O) groups is 2. The molecule has 1 N–H and O–H groups in total. The zero-order chi connectivity index (χ0) is 20.9. The van der Waals surface area contributed by atoms with Crippen LogP contribution in [0.4, 0.5) is 5.69 Å². The standard InChI is InChI=1S/C22H24N4O3S/c1-25-12-10-23-20(25)15-29-18-8-6-17(7-9-18)24-21(27)16-4-2-11-26(14-16)22(28)19-5-3-13-30-19/h3,5-10,12-13,16H,2,4,11,14-15H2,1H3,(H,24,27)/t16-/m0/s1. The van der Waals surface area contributed by atoms with E-state index in [1.54, 1.807) is 11.1 Å². The van der Waals surface area contributed by atoms with Crippen LogP contribution in [0, 0.1) is 5.92 Å². The lowest BCUT2D eigenvalue weighted by Gasteiger charge is -2.31. The first-order chi connectivity index (χ1) is 14.6. The lowest BCUT2D eigenvalue weighted by Crippen LogP contribution is -2.43. The number of amides is 2. The van der Waals surface area contributed by atoms with Gasteiger partial charge in [-0.1, -0.05) is 6.07 Å². The predicted octanol–water partition coefficient (Wildman–Crippen LogP) is 3.55. The molecule has 1 aliphatic heterocycles. The van der Waals surface area contributed by atoms with Gasteiger partial charge in [0.25, 0.3) is 5.91 Å². The number of ether oxygens (including phenoxy) is 1. The topological polar surface area (TPSA) is 76.5 Å². The number of rotatable bonds is 6. The van der Waals surface area contributed by atoms with E-state index in [1.165, 1.54) is 11.3 Å². The number of nitrogens with zero attached hydrogens (tertiary/aromatic N) is 3. The normalized spacial score (nSPS) is 16.3. The van der Waals surface area contributed by atoms with Crippen LogP contribution in [-0.2, 0) is 18.4 Å². The van der Waals surface area contributed by atoms with Crippen molar-refractivity contribution in [3.05, 3.63) is 64.9 Å². The minimum atomic E-state index is -0.206. The number of aromatic nitrogens is 2. The number of thiophene rings is 1. The highest BCUT2D eigenvalue weighted by Crippen LogP contribution is 2.23. The quantitative estimate of drug-likeness (QED) is 0.657. The Balaban J connectivity index is 1.31. The largest absolute Gasteiger partial charge is 0.486 e. The van der Waals surface area contributed by atoms with Gasteiger partial charge in [-0.2, -0.15) is 0 Å². The van der Waals surface area contributed by atoms with Crippen molar-refractivity contribution in [1.29, 1.82) is 0 Å². The summed E-state index contributed by atoms with van der Waals surface area (Å²) in [5.74, 6) is 1.30. The van der Waals surface area contributed by atoms with E-state index in [-0.39, 0.29) is 17.7 Å². The zero-order valence-corrected chi connectivity index (χ0v) is 17.6. The molecule has 8 heteroatoms. The summed E-state index contributed by atoms with van der Waals surface area (Å²) in [6.07, 6.45) is 5.22. The molecule has 1 atom stereocenters. The van der Waals surface area contributed by atoms with E-state index in [4.69, 9.17) is 4.74 Å². The predicted molar refractivity (Wildman–Crippen MR) is 116 cm³/mol. The molecule has 1 aliphatic rings. The molecule has 0 aliphatic carbocycles. The number of carbonyl (C=O) groups excluding carboxylic acids is 2. The Bertz CT molecular complexity index is 998. The molecule has 0 saturated carbocycles. The molecule has 1 aromatic carbocycles. The van der Waals surface area contributed by atoms with Gasteiger partial charge in [-0.15, -0.1) is 11.3 Å². The lowest BCUT2D eigenvalue weighted by atomic mass is 9.97. The summed E-state index contributed by atoms with van der Waals surface area (Å²) in [5.41, 5.74) is 0.714. The first kappa shape index (κ1) is 20.2. The molecule has 3 aromatic rings. The Hall–Kier alpha value is -3.13. The second-order valence-electron chi connectivity index (χ2n) is 7.32. The summed E-state index contributed by atoms with van der Waals surface area (Å²) in [6, 6.07) is 11.0. The smallest absolute Gasteiger partial charge is 0.263 e. The molecule has 2 amide bonds. The van der Waals surface area contributed by atoms with Gasteiger partial charge in [0.05, 0.1) is 10.8 Å². The minimum Gasteiger partial charge on any atom is -0.486 e. The van der Waals surface area contributed by atoms with E-state index in [9.17, 15) is 9.59 Å². The summed E-state index contributed by atoms with van der Waals surface area (Å²) < 4.78 is 7.65. The van der Waals surface area contributed by atoms with E-state index < -0.39 is 0 Å². The molecule has 3 heterocycles. The van der Waals surface area contributed by atoms with Gasteiger partial charge < -0.3 is 19.5 Å². The summed E-state index contributed by atoms with van der Waals surface area (Å²) in [4.78, 5) is 32.0. The number of anilines is 1. The van der Waals surface area contributed by atoms with Crippen molar-refractivity contribution in [2.45, 2.75) is 19.4 Å². The van der Waals surface area contributed by atoms with Crippen molar-refractivity contribution in [2.24, 2.45) is 13.0 Å². The molecule has 0 spiro atoms. The second-order valence-corrected chi connectivity index (χ2v) is 8.27. The number of nitrogens with one attached hydrogen (secondary N) is 1. The monoisotopic (exact) mass is 424 g/mol. The van der Waals surface area contributed by atoms with Crippen molar-refractivity contribution in [2.75, 3.05) is 18.4 Å². The molecular formula is C22H24N4O3S. The Kier molecular flexibility index (Phi) is 6.13. The highest BCUT2D eigenvalue weighted by molar-refractivity contribution is 7.12. The second kappa shape index (κ2) is 9.13. The van der Waals surface area contributed by atoms with E-state index in [0.717, 1.165) is 23.5 Å². The molecular weight excluding hydrogens is 400 g/mol. The maximum atomic E-state index is 12.7. The number of hydrogen-bond donors (Lipinski definition) is 1. The fraction of sp³-hybridized carbons (Fsp3) is 0.318. The van der Waals surface area contributed by atoms with Crippen LogP contribution in [0.3, 0.4) is 0 Å². The van der Waals surface area contributed by atoms with Crippen LogP contribution in [0.15, 0.2) is 54.2 Å². The summed E-state index contributed by atoms with van der Waals surface area (Å²) in [5, 5.41) is 4.86. The highest BCUT2D eigenvalue weighted by atomic mass is 32.1. The van der Waals surface area contributed by atoms with E-state index in [2.05, 4.69) is 10.3 Å². The molecule has 1 fully saturated rings. The van der Waals surface area contributed by atoms with Crippen LogP contribution in [0.5, 0.6) is 5.75 Å². The lowest BCUT2D eigenvalue weighted by molar-refractivity contribution is -0.121. The fourth-order valence-electron chi connectivity index (χ4n) is 3.49. The van der Waals surface area contributed by atoms with Crippen LogP contribution in [0.2, 0.25) is 0 Å². The van der Waals surface area contributed by atoms with Gasteiger partial charge in [-0.25, -0.2) is 4.98 Å². The van der Waals surface area contributed by atoms with E-state index in [1.807, 2.05) is 59.6 Å². The first-order valence-corrected chi connectivity index (χ1v) is 10.8. The van der Waals surface area contributed by atoms with E-state index in [0.29, 0.717) is 31.1 Å². The van der Waals surface area contributed by atoms with Gasteiger partial charge in [0.2, 0.25) is 5.91 Å². The summed E-state index contributed by atoms with van der Waals surface area (Å²) in [6.45, 7) is 1.53. The third-order valence-corrected chi connectivity index (χ3v) is 6.08. The molecule has 0 radical (unpaired) electrons. The summed E-state index contributed by atoms with van der Waals surface area (Å²) in [7, 11) is 1.92. The van der Waals surface area contributed by atoms with Crippen LogP contribution in [0.25, 0.3) is 0 Å². The van der Waals surface area contributed by atoms with Crippen molar-refractivity contribution in [3.63, 3.8) is 0 Å². The molecule has 1 saturated heterocycles. The van der Waals surface area contributed by atoms with Gasteiger partial charge in [0.15, 0.2) is 0 Å². The van der Waals surface area contributed by atoms with Crippen molar-refractivity contribution < 1.29 is 14.3 Å². The zero-order valence-electron chi connectivity index (χ0n) is 16.8. The average Bonchev–Trinajstić information content (AvgIpc) is 3.45. The van der Waals surface area contributed by atoms with Crippen molar-refractivity contribution in [1.82, 2.24) is 14.5 Å². The number of imidazole rings is 1.